The molecule has 3 rings (SSSR count). The SMILES string of the molecule is CC1(C)O[C@@H]2[C@@H](OCc3ccccc3)[C@H](I)[C@@H](N=[N+]=[N-])[C@@H]2O1. The lowest BCUT2D eigenvalue weighted by molar-refractivity contribution is -0.167. The Morgan fingerprint density at radius 3 is 2.64 bits per heavy atom. The highest BCUT2D eigenvalue weighted by atomic mass is 127. The monoisotopic (exact) mass is 415 g/mol. The molecule has 7 heteroatoms. The van der Waals surface area contributed by atoms with E-state index in [-0.39, 0.29) is 28.3 Å². The average molecular weight is 415 g/mol. The minimum absolute atomic E-state index is 0.0170. The first-order valence-corrected chi connectivity index (χ1v) is 8.46. The van der Waals surface area contributed by atoms with Gasteiger partial charge < -0.3 is 14.2 Å². The van der Waals surface area contributed by atoms with Crippen LogP contribution in [0.25, 0.3) is 10.4 Å². The highest BCUT2D eigenvalue weighted by molar-refractivity contribution is 14.1. The molecule has 6 nitrogen and oxygen atoms in total. The summed E-state index contributed by atoms with van der Waals surface area (Å²) in [6.45, 7) is 4.24. The predicted molar refractivity (Wildman–Crippen MR) is 89.6 cm³/mol. The number of rotatable bonds is 4. The molecule has 1 aromatic rings. The van der Waals surface area contributed by atoms with Gasteiger partial charge in [0.2, 0.25) is 0 Å². The molecular weight excluding hydrogens is 397 g/mol. The van der Waals surface area contributed by atoms with Crippen molar-refractivity contribution in [3.05, 3.63) is 46.3 Å². The van der Waals surface area contributed by atoms with E-state index in [1.54, 1.807) is 0 Å². The van der Waals surface area contributed by atoms with Crippen LogP contribution in [0.2, 0.25) is 0 Å². The average Bonchev–Trinajstić information content (AvgIpc) is 2.91. The summed E-state index contributed by atoms with van der Waals surface area (Å²) in [5, 5.41) is 3.91. The lowest BCUT2D eigenvalue weighted by Crippen LogP contribution is -2.35. The summed E-state index contributed by atoms with van der Waals surface area (Å²) in [4.78, 5) is 2.96. The Kier molecular flexibility index (Phi) is 4.61. The zero-order chi connectivity index (χ0) is 15.7. The molecule has 0 radical (unpaired) electrons. The van der Waals surface area contributed by atoms with Gasteiger partial charge in [0.25, 0.3) is 0 Å². The van der Waals surface area contributed by atoms with Crippen molar-refractivity contribution in [2.24, 2.45) is 5.11 Å². The van der Waals surface area contributed by atoms with Crippen LogP contribution in [0.5, 0.6) is 0 Å². The van der Waals surface area contributed by atoms with E-state index >= 15 is 0 Å². The second-order valence-electron chi connectivity index (χ2n) is 5.97. The van der Waals surface area contributed by atoms with Gasteiger partial charge in [-0.05, 0) is 24.9 Å². The van der Waals surface area contributed by atoms with Gasteiger partial charge in [0.1, 0.15) is 6.10 Å². The molecule has 0 spiro atoms. The Labute approximate surface area is 142 Å². The molecule has 0 aromatic heterocycles. The van der Waals surface area contributed by atoms with Gasteiger partial charge in [0, 0.05) is 4.91 Å². The van der Waals surface area contributed by atoms with E-state index in [0.717, 1.165) is 5.56 Å². The standard InChI is InChI=1S/C15H18IN3O3/c1-15(2)21-13-11(18-19-17)10(16)12(14(13)22-15)20-8-9-6-4-3-5-7-9/h3-7,10-14H,8H2,1-2H3/t10-,11-,12+,13+,14-/m1/s1. The zero-order valence-corrected chi connectivity index (χ0v) is 14.6. The number of azide groups is 1. The first kappa shape index (κ1) is 16.0. The van der Waals surface area contributed by atoms with Crippen LogP contribution in [0.4, 0.5) is 0 Å². The molecule has 0 bridgehead atoms. The van der Waals surface area contributed by atoms with Crippen molar-refractivity contribution in [3.63, 3.8) is 0 Å². The summed E-state index contributed by atoms with van der Waals surface area (Å²) >= 11 is 2.27. The maximum Gasteiger partial charge on any atom is 0.163 e. The quantitative estimate of drug-likeness (QED) is 0.248. The Balaban J connectivity index is 1.76. The first-order chi connectivity index (χ1) is 10.5. The normalized spacial score (nSPS) is 35.9. The summed E-state index contributed by atoms with van der Waals surface area (Å²) in [5.74, 6) is -0.677. The fourth-order valence-corrected chi connectivity index (χ4v) is 4.20. The molecule has 0 amide bonds. The van der Waals surface area contributed by atoms with Gasteiger partial charge in [-0.1, -0.05) is 58.0 Å². The number of halogens is 1. The van der Waals surface area contributed by atoms with Crippen LogP contribution in [0.3, 0.4) is 0 Å². The number of nitrogens with zero attached hydrogens (tertiary/aromatic N) is 3. The Morgan fingerprint density at radius 1 is 1.27 bits per heavy atom. The van der Waals surface area contributed by atoms with E-state index in [2.05, 4.69) is 32.6 Å². The molecule has 1 saturated heterocycles. The van der Waals surface area contributed by atoms with E-state index in [1.807, 2.05) is 44.2 Å². The van der Waals surface area contributed by atoms with Crippen molar-refractivity contribution in [3.8, 4) is 0 Å². The summed E-state index contributed by atoms with van der Waals surface area (Å²) in [5.41, 5.74) is 9.91. The maximum absolute atomic E-state index is 8.81. The van der Waals surface area contributed by atoms with Crippen LogP contribution in [0.15, 0.2) is 35.4 Å². The molecule has 2 fully saturated rings. The highest BCUT2D eigenvalue weighted by Gasteiger charge is 2.58. The number of alkyl halides is 1. The van der Waals surface area contributed by atoms with E-state index in [0.29, 0.717) is 6.61 Å². The van der Waals surface area contributed by atoms with Crippen molar-refractivity contribution < 1.29 is 14.2 Å². The maximum atomic E-state index is 8.81. The molecule has 1 aromatic carbocycles. The van der Waals surface area contributed by atoms with Gasteiger partial charge in [-0.3, -0.25) is 0 Å². The largest absolute Gasteiger partial charge is 0.370 e. The molecule has 1 saturated carbocycles. The van der Waals surface area contributed by atoms with Crippen molar-refractivity contribution in [2.75, 3.05) is 0 Å². The summed E-state index contributed by atoms with van der Waals surface area (Å²) in [6.07, 6.45) is -0.632. The van der Waals surface area contributed by atoms with Gasteiger partial charge in [-0.25, -0.2) is 0 Å². The smallest absolute Gasteiger partial charge is 0.163 e. The van der Waals surface area contributed by atoms with Crippen LogP contribution in [-0.4, -0.2) is 34.1 Å². The third kappa shape index (κ3) is 3.09. The molecule has 1 aliphatic heterocycles. The minimum atomic E-state index is -0.677. The Hall–Kier alpha value is -0.860. The lowest BCUT2D eigenvalue weighted by atomic mass is 10.2. The Morgan fingerprint density at radius 2 is 1.95 bits per heavy atom. The van der Waals surface area contributed by atoms with Crippen molar-refractivity contribution in [1.29, 1.82) is 0 Å². The van der Waals surface area contributed by atoms with E-state index in [1.165, 1.54) is 0 Å². The van der Waals surface area contributed by atoms with Gasteiger partial charge in [-0.15, -0.1) is 0 Å². The molecule has 2 aliphatic rings. The molecular formula is C15H18IN3O3. The molecule has 5 atom stereocenters. The van der Waals surface area contributed by atoms with Crippen LogP contribution in [0, 0.1) is 0 Å². The van der Waals surface area contributed by atoms with Gasteiger partial charge in [0.05, 0.1) is 28.8 Å². The van der Waals surface area contributed by atoms with Gasteiger partial charge >= 0.3 is 0 Å². The number of fused-ring (bicyclic) bond motifs is 1. The predicted octanol–water partition coefficient (Wildman–Crippen LogP) is 3.59. The molecule has 1 aliphatic carbocycles. The van der Waals surface area contributed by atoms with Crippen molar-refractivity contribution in [1.82, 2.24) is 0 Å². The van der Waals surface area contributed by atoms with Gasteiger partial charge in [0.15, 0.2) is 5.79 Å². The number of hydrogen-bond donors (Lipinski definition) is 0. The third-order valence-corrected chi connectivity index (χ3v) is 5.38. The minimum Gasteiger partial charge on any atom is -0.370 e. The van der Waals surface area contributed by atoms with Crippen LogP contribution in [0.1, 0.15) is 19.4 Å². The molecule has 0 N–H and O–H groups in total. The number of ether oxygens (including phenoxy) is 3. The lowest BCUT2D eigenvalue weighted by Gasteiger charge is -2.25. The summed E-state index contributed by atoms with van der Waals surface area (Å²) in [6, 6.07) is 9.71. The van der Waals surface area contributed by atoms with Crippen molar-refractivity contribution >= 4 is 22.6 Å². The van der Waals surface area contributed by atoms with Crippen LogP contribution < -0.4 is 0 Å². The second kappa shape index (κ2) is 6.33. The molecule has 22 heavy (non-hydrogen) atoms. The van der Waals surface area contributed by atoms with E-state index in [4.69, 9.17) is 19.7 Å². The second-order valence-corrected chi connectivity index (χ2v) is 7.40. The van der Waals surface area contributed by atoms with E-state index < -0.39 is 5.79 Å². The third-order valence-electron chi connectivity index (χ3n) is 3.93. The van der Waals surface area contributed by atoms with Gasteiger partial charge in [-0.2, -0.15) is 0 Å². The topological polar surface area (TPSA) is 76.5 Å². The molecule has 118 valence electrons. The first-order valence-electron chi connectivity index (χ1n) is 7.21. The highest BCUT2D eigenvalue weighted by Crippen LogP contribution is 2.44. The van der Waals surface area contributed by atoms with E-state index in [9.17, 15) is 0 Å². The van der Waals surface area contributed by atoms with Crippen LogP contribution >= 0.6 is 22.6 Å². The summed E-state index contributed by atoms with van der Waals surface area (Å²) in [7, 11) is 0. The van der Waals surface area contributed by atoms with Crippen molar-refractivity contribution in [2.45, 2.75) is 54.5 Å². The number of benzene rings is 1. The van der Waals surface area contributed by atoms with Crippen LogP contribution in [-0.2, 0) is 20.8 Å². The fourth-order valence-electron chi connectivity index (χ4n) is 3.03. The number of hydrogen-bond acceptors (Lipinski definition) is 4. The Bertz CT molecular complexity index is 577. The molecule has 0 unspecified atom stereocenters. The zero-order valence-electron chi connectivity index (χ0n) is 12.4. The molecule has 1 heterocycles. The fraction of sp³-hybridized carbons (Fsp3) is 0.600. The summed E-state index contributed by atoms with van der Waals surface area (Å²) < 4.78 is 18.0.